The summed E-state index contributed by atoms with van der Waals surface area (Å²) < 4.78 is 7.10. The minimum Gasteiger partial charge on any atom is -0.390 e. The number of rotatable bonds is 1. The van der Waals surface area contributed by atoms with Crippen molar-refractivity contribution in [2.75, 3.05) is 0 Å². The highest BCUT2D eigenvalue weighted by molar-refractivity contribution is 5.72. The van der Waals surface area contributed by atoms with Crippen LogP contribution in [-0.4, -0.2) is 37.1 Å². The highest BCUT2D eigenvalue weighted by Crippen LogP contribution is 2.29. The normalized spacial score (nSPS) is 28.9. The molecule has 0 aliphatic carbocycles. The topological polar surface area (TPSA) is 93.0 Å². The minimum atomic E-state index is -0.513. The van der Waals surface area contributed by atoms with Crippen LogP contribution >= 0.6 is 0 Å². The molecule has 3 rings (SSSR count). The summed E-state index contributed by atoms with van der Waals surface area (Å²) in [5.74, 6) is 0. The minimum absolute atomic E-state index is 0.229. The van der Waals surface area contributed by atoms with Gasteiger partial charge in [0, 0.05) is 6.42 Å². The second kappa shape index (κ2) is 3.64. The SMILES string of the molecule is C[C@H]1O[C@@H](n2ncc3c(=O)[nH]cnc32)C[C@@H]1O. The quantitative estimate of drug-likeness (QED) is 0.714. The number of aliphatic hydroxyl groups is 1. The molecule has 1 aliphatic heterocycles. The van der Waals surface area contributed by atoms with Crippen molar-refractivity contribution >= 4 is 11.0 Å². The molecule has 2 aromatic rings. The Morgan fingerprint density at radius 1 is 1.65 bits per heavy atom. The number of aromatic amines is 1. The number of fused-ring (bicyclic) bond motifs is 1. The molecule has 1 fully saturated rings. The first kappa shape index (κ1) is 10.4. The van der Waals surface area contributed by atoms with Gasteiger partial charge in [0.05, 0.1) is 24.7 Å². The molecule has 0 radical (unpaired) electrons. The fraction of sp³-hybridized carbons (Fsp3) is 0.500. The van der Waals surface area contributed by atoms with Gasteiger partial charge in [-0.15, -0.1) is 0 Å². The molecule has 1 aliphatic rings. The van der Waals surface area contributed by atoms with Crippen LogP contribution in [0.3, 0.4) is 0 Å². The van der Waals surface area contributed by atoms with Gasteiger partial charge in [0.2, 0.25) is 0 Å². The largest absolute Gasteiger partial charge is 0.390 e. The van der Waals surface area contributed by atoms with E-state index in [-0.39, 0.29) is 17.9 Å². The van der Waals surface area contributed by atoms with Crippen LogP contribution in [0.2, 0.25) is 0 Å². The number of H-pyrrole nitrogens is 1. The average Bonchev–Trinajstić information content (AvgIpc) is 2.85. The maximum Gasteiger partial charge on any atom is 0.261 e. The van der Waals surface area contributed by atoms with Crippen molar-refractivity contribution in [3.8, 4) is 0 Å². The van der Waals surface area contributed by atoms with Crippen LogP contribution in [0.5, 0.6) is 0 Å². The van der Waals surface area contributed by atoms with Crippen molar-refractivity contribution in [2.24, 2.45) is 0 Å². The van der Waals surface area contributed by atoms with Gasteiger partial charge in [-0.1, -0.05) is 0 Å². The predicted molar refractivity (Wildman–Crippen MR) is 58.4 cm³/mol. The fourth-order valence-electron chi connectivity index (χ4n) is 2.03. The zero-order valence-electron chi connectivity index (χ0n) is 9.20. The lowest BCUT2D eigenvalue weighted by atomic mass is 10.2. The summed E-state index contributed by atoms with van der Waals surface area (Å²) in [6.07, 6.45) is 2.12. The molecule has 2 aromatic heterocycles. The van der Waals surface area contributed by atoms with E-state index in [4.69, 9.17) is 4.74 Å². The highest BCUT2D eigenvalue weighted by atomic mass is 16.5. The molecule has 0 saturated carbocycles. The highest BCUT2D eigenvalue weighted by Gasteiger charge is 2.33. The molecule has 17 heavy (non-hydrogen) atoms. The Labute approximate surface area is 96.0 Å². The first-order chi connectivity index (χ1) is 8.16. The van der Waals surface area contributed by atoms with Gasteiger partial charge >= 0.3 is 0 Å². The van der Waals surface area contributed by atoms with Gasteiger partial charge in [0.25, 0.3) is 5.56 Å². The summed E-state index contributed by atoms with van der Waals surface area (Å²) in [5, 5.41) is 14.2. The molecule has 3 heterocycles. The van der Waals surface area contributed by atoms with Crippen molar-refractivity contribution in [1.82, 2.24) is 19.7 Å². The fourth-order valence-corrected chi connectivity index (χ4v) is 2.03. The summed E-state index contributed by atoms with van der Waals surface area (Å²) in [5.41, 5.74) is 0.243. The molecule has 90 valence electrons. The third-order valence-electron chi connectivity index (χ3n) is 3.03. The van der Waals surface area contributed by atoms with Gasteiger partial charge in [0.15, 0.2) is 11.9 Å². The molecule has 1 saturated heterocycles. The van der Waals surface area contributed by atoms with E-state index in [1.807, 2.05) is 0 Å². The van der Waals surface area contributed by atoms with Crippen molar-refractivity contribution in [2.45, 2.75) is 31.8 Å². The number of aromatic nitrogens is 4. The molecular weight excluding hydrogens is 224 g/mol. The summed E-state index contributed by atoms with van der Waals surface area (Å²) in [7, 11) is 0. The standard InChI is InChI=1S/C10H12N4O3/c1-5-7(15)2-8(17-5)14-9-6(3-13-14)10(16)12-4-11-9/h3-5,7-8,15H,2H2,1H3,(H,11,12,16)/t5-,7+,8-/m1/s1. The number of nitrogens with zero attached hydrogens (tertiary/aromatic N) is 3. The Morgan fingerprint density at radius 2 is 2.47 bits per heavy atom. The van der Waals surface area contributed by atoms with E-state index in [1.165, 1.54) is 17.2 Å². The van der Waals surface area contributed by atoms with Crippen LogP contribution in [0.4, 0.5) is 0 Å². The number of hydrogen-bond donors (Lipinski definition) is 2. The molecule has 0 amide bonds. The van der Waals surface area contributed by atoms with Crippen molar-refractivity contribution in [3.63, 3.8) is 0 Å². The molecule has 7 heteroatoms. The Kier molecular flexibility index (Phi) is 2.23. The summed E-state index contributed by atoms with van der Waals surface area (Å²) >= 11 is 0. The molecule has 3 atom stereocenters. The molecule has 0 unspecified atom stereocenters. The van der Waals surface area contributed by atoms with Gasteiger partial charge in [-0.2, -0.15) is 5.10 Å². The third-order valence-corrected chi connectivity index (χ3v) is 3.03. The first-order valence-corrected chi connectivity index (χ1v) is 5.41. The van der Waals surface area contributed by atoms with Gasteiger partial charge < -0.3 is 14.8 Å². The van der Waals surface area contributed by atoms with Crippen molar-refractivity contribution < 1.29 is 9.84 Å². The summed E-state index contributed by atoms with van der Waals surface area (Å²) in [6.45, 7) is 1.80. The van der Waals surface area contributed by atoms with E-state index in [1.54, 1.807) is 6.92 Å². The third kappa shape index (κ3) is 1.55. The summed E-state index contributed by atoms with van der Waals surface area (Å²) in [6, 6.07) is 0. The second-order valence-corrected chi connectivity index (χ2v) is 4.16. The predicted octanol–water partition coefficient (Wildman–Crippen LogP) is -0.212. The first-order valence-electron chi connectivity index (χ1n) is 5.41. The van der Waals surface area contributed by atoms with Gasteiger partial charge in [0.1, 0.15) is 5.39 Å². The van der Waals surface area contributed by atoms with Crippen LogP contribution in [0.25, 0.3) is 11.0 Å². The molecule has 7 nitrogen and oxygen atoms in total. The number of ether oxygens (including phenoxy) is 1. The number of hydrogen-bond acceptors (Lipinski definition) is 5. The molecular formula is C10H12N4O3. The van der Waals surface area contributed by atoms with E-state index in [0.717, 1.165) is 0 Å². The zero-order valence-corrected chi connectivity index (χ0v) is 9.20. The lowest BCUT2D eigenvalue weighted by Crippen LogP contribution is -2.15. The van der Waals surface area contributed by atoms with Gasteiger partial charge in [-0.3, -0.25) is 4.79 Å². The maximum atomic E-state index is 11.5. The van der Waals surface area contributed by atoms with Gasteiger partial charge in [-0.25, -0.2) is 9.67 Å². The van der Waals surface area contributed by atoms with Crippen LogP contribution in [0.1, 0.15) is 19.6 Å². The molecule has 0 bridgehead atoms. The van der Waals surface area contributed by atoms with E-state index in [9.17, 15) is 9.90 Å². The van der Waals surface area contributed by atoms with Crippen LogP contribution in [0.15, 0.2) is 17.3 Å². The molecule has 2 N–H and O–H groups in total. The maximum absolute atomic E-state index is 11.5. The van der Waals surface area contributed by atoms with Crippen LogP contribution in [0, 0.1) is 0 Å². The van der Waals surface area contributed by atoms with Crippen LogP contribution in [-0.2, 0) is 4.74 Å². The van der Waals surface area contributed by atoms with E-state index >= 15 is 0 Å². The summed E-state index contributed by atoms with van der Waals surface area (Å²) in [4.78, 5) is 18.1. The van der Waals surface area contributed by atoms with E-state index in [0.29, 0.717) is 17.5 Å². The average molecular weight is 236 g/mol. The Morgan fingerprint density at radius 3 is 3.18 bits per heavy atom. The Bertz CT molecular complexity index is 595. The van der Waals surface area contributed by atoms with E-state index < -0.39 is 6.10 Å². The Balaban J connectivity index is 2.07. The Hall–Kier alpha value is -1.73. The number of aliphatic hydroxyl groups excluding tert-OH is 1. The van der Waals surface area contributed by atoms with E-state index in [2.05, 4.69) is 15.1 Å². The smallest absolute Gasteiger partial charge is 0.261 e. The number of nitrogens with one attached hydrogen (secondary N) is 1. The van der Waals surface area contributed by atoms with Crippen LogP contribution < -0.4 is 5.56 Å². The zero-order chi connectivity index (χ0) is 12.0. The second-order valence-electron chi connectivity index (χ2n) is 4.16. The molecule has 0 aromatic carbocycles. The van der Waals surface area contributed by atoms with Crippen molar-refractivity contribution in [1.29, 1.82) is 0 Å². The van der Waals surface area contributed by atoms with Gasteiger partial charge in [-0.05, 0) is 6.92 Å². The monoisotopic (exact) mass is 236 g/mol. The molecule has 0 spiro atoms. The lowest BCUT2D eigenvalue weighted by Gasteiger charge is -2.11. The lowest BCUT2D eigenvalue weighted by molar-refractivity contribution is -0.0117. The van der Waals surface area contributed by atoms with Crippen molar-refractivity contribution in [3.05, 3.63) is 22.9 Å².